The molecule has 49 heavy (non-hydrogen) atoms. The van der Waals surface area contributed by atoms with Crippen molar-refractivity contribution in [2.24, 2.45) is 5.73 Å². The van der Waals surface area contributed by atoms with Crippen molar-refractivity contribution in [3.63, 3.8) is 0 Å². The van der Waals surface area contributed by atoms with Gasteiger partial charge in [0.15, 0.2) is 14.9 Å². The second-order valence-corrected chi connectivity index (χ2v) is 15.0. The summed E-state index contributed by atoms with van der Waals surface area (Å²) in [5, 5.41) is 8.78. The first-order chi connectivity index (χ1) is 23.5. The quantitative estimate of drug-likeness (QED) is 0.0525. The van der Waals surface area contributed by atoms with Gasteiger partial charge in [0.1, 0.15) is 22.6 Å². The largest absolute Gasteiger partial charge is 0.465 e. The number of rotatable bonds is 18. The summed E-state index contributed by atoms with van der Waals surface area (Å²) < 4.78 is 18.6. The summed E-state index contributed by atoms with van der Waals surface area (Å²) in [5.74, 6) is 1.13. The molecule has 1 amide bonds. The highest BCUT2D eigenvalue weighted by molar-refractivity contribution is 7.99. The van der Waals surface area contributed by atoms with Gasteiger partial charge >= 0.3 is 12.1 Å². The molecule has 0 aliphatic heterocycles. The van der Waals surface area contributed by atoms with E-state index in [0.29, 0.717) is 48.3 Å². The van der Waals surface area contributed by atoms with Crippen LogP contribution in [0.3, 0.4) is 0 Å². The van der Waals surface area contributed by atoms with Gasteiger partial charge in [-0.2, -0.15) is 0 Å². The van der Waals surface area contributed by atoms with E-state index in [0.717, 1.165) is 32.5 Å². The molecule has 1 heterocycles. The number of carbonyl (C=O) groups is 2. The topological polar surface area (TPSA) is 130 Å². The van der Waals surface area contributed by atoms with Crippen LogP contribution in [0.15, 0.2) is 82.7 Å². The summed E-state index contributed by atoms with van der Waals surface area (Å²) in [6.07, 6.45) is -0.184. The fraction of sp³-hybridized carbons (Fsp3) is 0.343. The first-order valence-electron chi connectivity index (χ1n) is 15.9. The Labute approximate surface area is 303 Å². The van der Waals surface area contributed by atoms with Crippen molar-refractivity contribution >= 4 is 55.3 Å². The molecule has 0 bridgehead atoms. The van der Waals surface area contributed by atoms with Gasteiger partial charge in [0.2, 0.25) is 0 Å². The number of esters is 1. The predicted molar refractivity (Wildman–Crippen MR) is 197 cm³/mol. The lowest BCUT2D eigenvalue weighted by molar-refractivity contribution is -0.144. The standard InChI is InChI=1S/C35H42Cl2N5O5PS/c1-5-45-34(43)24(4)41-48(47-29-9-7-6-8-10-29)16-15-39-20-25-11-13-26(14-12-25)21-42-31(22-46-35(38)44)40-32(23(2)3)33(42)49-30-18-27(36)17-28(37)19-30/h6-14,17-19,23-24,39,41H,5,15-16,20-22H2,1-4H3,(H2,38,44). The van der Waals surface area contributed by atoms with E-state index in [1.54, 1.807) is 19.9 Å². The fourth-order valence-electron chi connectivity index (χ4n) is 4.73. The number of nitrogens with zero attached hydrogens (tertiary/aromatic N) is 2. The average Bonchev–Trinajstić information content (AvgIpc) is 3.39. The first kappa shape index (κ1) is 38.5. The van der Waals surface area contributed by atoms with E-state index in [4.69, 9.17) is 47.9 Å². The molecule has 0 aliphatic rings. The van der Waals surface area contributed by atoms with E-state index in [2.05, 4.69) is 48.5 Å². The van der Waals surface area contributed by atoms with Crippen molar-refractivity contribution in [1.29, 1.82) is 0 Å². The molecule has 4 aromatic rings. The number of halogens is 2. The van der Waals surface area contributed by atoms with Crippen molar-refractivity contribution in [1.82, 2.24) is 20.0 Å². The smallest absolute Gasteiger partial charge is 0.404 e. The van der Waals surface area contributed by atoms with Crippen molar-refractivity contribution in [2.45, 2.75) is 69.3 Å². The van der Waals surface area contributed by atoms with E-state index in [1.807, 2.05) is 47.0 Å². The molecule has 10 nitrogen and oxygen atoms in total. The number of para-hydroxylation sites is 1. The number of amides is 1. The van der Waals surface area contributed by atoms with Crippen molar-refractivity contribution < 1.29 is 23.6 Å². The van der Waals surface area contributed by atoms with E-state index in [9.17, 15) is 9.59 Å². The second kappa shape index (κ2) is 19.2. The van der Waals surface area contributed by atoms with E-state index < -0.39 is 20.4 Å². The number of carbonyl (C=O) groups excluding carboxylic acids is 2. The summed E-state index contributed by atoms with van der Waals surface area (Å²) in [6.45, 7) is 9.79. The molecule has 0 spiro atoms. The van der Waals surface area contributed by atoms with Crippen molar-refractivity contribution in [3.8, 4) is 5.75 Å². The number of hydrogen-bond donors (Lipinski definition) is 3. The summed E-state index contributed by atoms with van der Waals surface area (Å²) in [5.41, 5.74) is 8.32. The fourth-order valence-corrected chi connectivity index (χ4v) is 8.20. The molecule has 2 unspecified atom stereocenters. The van der Waals surface area contributed by atoms with Gasteiger partial charge in [-0.3, -0.25) is 9.88 Å². The van der Waals surface area contributed by atoms with Crippen LogP contribution in [-0.4, -0.2) is 47.0 Å². The maximum Gasteiger partial charge on any atom is 0.404 e. The first-order valence-corrected chi connectivity index (χ1v) is 18.9. The van der Waals surface area contributed by atoms with Crippen LogP contribution in [0.1, 0.15) is 56.3 Å². The van der Waals surface area contributed by atoms with E-state index in [-0.39, 0.29) is 18.5 Å². The van der Waals surface area contributed by atoms with Crippen LogP contribution < -0.4 is 20.7 Å². The number of primary amides is 1. The van der Waals surface area contributed by atoms with Gasteiger partial charge in [-0.05, 0) is 61.2 Å². The molecular weight excluding hydrogens is 704 g/mol. The maximum atomic E-state index is 12.2. The highest BCUT2D eigenvalue weighted by Crippen LogP contribution is 2.38. The summed E-state index contributed by atoms with van der Waals surface area (Å²) in [4.78, 5) is 29.5. The van der Waals surface area contributed by atoms with Gasteiger partial charge in [-0.15, -0.1) is 0 Å². The number of ether oxygens (including phenoxy) is 2. The van der Waals surface area contributed by atoms with Gasteiger partial charge in [-0.1, -0.05) is 91.3 Å². The summed E-state index contributed by atoms with van der Waals surface area (Å²) in [7, 11) is -1.15. The van der Waals surface area contributed by atoms with Crippen LogP contribution in [0.5, 0.6) is 5.75 Å². The minimum Gasteiger partial charge on any atom is -0.465 e. The Hall–Kier alpha value is -3.31. The van der Waals surface area contributed by atoms with Crippen LogP contribution in [-0.2, 0) is 34.0 Å². The highest BCUT2D eigenvalue weighted by Gasteiger charge is 2.23. The predicted octanol–water partition coefficient (Wildman–Crippen LogP) is 8.13. The van der Waals surface area contributed by atoms with Crippen LogP contribution in [0, 0.1) is 0 Å². The van der Waals surface area contributed by atoms with Gasteiger partial charge in [0.25, 0.3) is 0 Å². The molecule has 3 aromatic carbocycles. The summed E-state index contributed by atoms with van der Waals surface area (Å²) >= 11 is 14.1. The zero-order valence-electron chi connectivity index (χ0n) is 27.9. The molecule has 4 N–H and O–H groups in total. The molecule has 4 rings (SSSR count). The van der Waals surface area contributed by atoms with E-state index in [1.165, 1.54) is 11.8 Å². The van der Waals surface area contributed by atoms with E-state index >= 15 is 0 Å². The third-order valence-electron chi connectivity index (χ3n) is 7.09. The monoisotopic (exact) mass is 745 g/mol. The minimum atomic E-state index is -1.15. The molecule has 0 aliphatic carbocycles. The van der Waals surface area contributed by atoms with Crippen molar-refractivity contribution in [3.05, 3.63) is 105 Å². The SMILES string of the molecule is CCOC(=O)C(C)NP(CCNCc1ccc(Cn2c(COC(N)=O)nc(C(C)C)c2Sc2cc(Cl)cc(Cl)c2)cc1)Oc1ccccc1. The van der Waals surface area contributed by atoms with Crippen LogP contribution in [0.2, 0.25) is 10.0 Å². The lowest BCUT2D eigenvalue weighted by Gasteiger charge is -2.23. The van der Waals surface area contributed by atoms with Crippen LogP contribution in [0.25, 0.3) is 0 Å². The molecule has 0 saturated carbocycles. The Bertz CT molecular complexity index is 1660. The Morgan fingerprint density at radius 2 is 1.65 bits per heavy atom. The Morgan fingerprint density at radius 3 is 2.29 bits per heavy atom. The molecular formula is C35H42Cl2N5O5PS. The highest BCUT2D eigenvalue weighted by atomic mass is 35.5. The van der Waals surface area contributed by atoms with Gasteiger partial charge in [0.05, 0.1) is 12.3 Å². The lowest BCUT2D eigenvalue weighted by atomic mass is 10.1. The molecule has 0 radical (unpaired) electrons. The number of aromatic nitrogens is 2. The number of nitrogens with two attached hydrogens (primary N) is 1. The third kappa shape index (κ3) is 12.2. The molecule has 14 heteroatoms. The molecule has 262 valence electrons. The molecule has 0 saturated heterocycles. The Kier molecular flexibility index (Phi) is 15.1. The van der Waals surface area contributed by atoms with Crippen LogP contribution in [0.4, 0.5) is 4.79 Å². The van der Waals surface area contributed by atoms with Gasteiger partial charge in [-0.25, -0.2) is 9.78 Å². The minimum absolute atomic E-state index is 0.0577. The Balaban J connectivity index is 1.43. The maximum absolute atomic E-state index is 12.2. The van der Waals surface area contributed by atoms with Crippen molar-refractivity contribution in [2.75, 3.05) is 19.3 Å². The number of hydrogen-bond acceptors (Lipinski definition) is 9. The third-order valence-corrected chi connectivity index (χ3v) is 10.4. The van der Waals surface area contributed by atoms with Gasteiger partial charge in [0, 0.05) is 40.7 Å². The zero-order chi connectivity index (χ0) is 35.3. The van der Waals surface area contributed by atoms with Crippen LogP contribution >= 0.6 is 43.3 Å². The zero-order valence-corrected chi connectivity index (χ0v) is 31.2. The molecule has 1 aromatic heterocycles. The number of benzene rings is 3. The molecule has 0 fully saturated rings. The number of nitrogens with one attached hydrogen (secondary N) is 2. The Morgan fingerprint density at radius 1 is 0.980 bits per heavy atom. The summed E-state index contributed by atoms with van der Waals surface area (Å²) in [6, 6.07) is 22.8. The normalized spacial score (nSPS) is 12.5. The second-order valence-electron chi connectivity index (χ2n) is 11.4. The van der Waals surface area contributed by atoms with Gasteiger partial charge < -0.3 is 29.6 Å². The average molecular weight is 747 g/mol. The lowest BCUT2D eigenvalue weighted by Crippen LogP contribution is -2.34. The number of imidazole rings is 1. The molecule has 2 atom stereocenters.